The van der Waals surface area contributed by atoms with Gasteiger partial charge in [0.25, 0.3) is 20.2 Å². The van der Waals surface area contributed by atoms with Crippen LogP contribution >= 0.6 is 0 Å². The number of hydrogen-bond acceptors (Lipinski definition) is 14. The van der Waals surface area contributed by atoms with Crippen LogP contribution < -0.4 is 32.7 Å². The fourth-order valence-electron chi connectivity index (χ4n) is 7.32. The van der Waals surface area contributed by atoms with Crippen molar-refractivity contribution in [1.82, 2.24) is 0 Å². The number of nitrogens with two attached hydrogens (primary N) is 2. The van der Waals surface area contributed by atoms with Crippen molar-refractivity contribution in [3.63, 3.8) is 0 Å². The van der Waals surface area contributed by atoms with Gasteiger partial charge in [-0.05, 0) is 60.7 Å². The van der Waals surface area contributed by atoms with Crippen molar-refractivity contribution in [3.05, 3.63) is 166 Å². The van der Waals surface area contributed by atoms with E-state index in [1.54, 1.807) is 12.1 Å². The molecule has 2 aliphatic carbocycles. The molecule has 18 nitrogen and oxygen atoms in total. The molecule has 8 rings (SSSR count). The Kier molecular flexibility index (Phi) is 14.1. The SMILES string of the molecule is Nc1c(S(=O)(=O)O)cc(Nc2ccc(NC(=O)C=CC(=O)Nc3ccc(Nc4cc(S(=O)(=O)O)c(N)c5c4C(=O)c4ccccc4C5=O)cc3)cc2)c2c1C(=O)c1ccccc1C2=O.[Na].[Na]. The first-order valence-corrected chi connectivity index (χ1v) is 21.5. The van der Waals surface area contributed by atoms with Gasteiger partial charge in [-0.1, -0.05) is 48.5 Å². The van der Waals surface area contributed by atoms with E-state index in [0.29, 0.717) is 0 Å². The van der Waals surface area contributed by atoms with Gasteiger partial charge in [-0.3, -0.25) is 37.9 Å². The molecule has 6 aromatic carbocycles. The van der Waals surface area contributed by atoms with E-state index in [1.807, 2.05) is 0 Å². The molecule has 22 heteroatoms. The zero-order chi connectivity index (χ0) is 45.8. The van der Waals surface area contributed by atoms with Gasteiger partial charge >= 0.3 is 0 Å². The summed E-state index contributed by atoms with van der Waals surface area (Å²) in [4.78, 5) is 77.9. The number of amides is 2. The molecule has 0 atom stereocenters. The van der Waals surface area contributed by atoms with Gasteiger partial charge in [0.2, 0.25) is 11.8 Å². The van der Waals surface area contributed by atoms with E-state index in [1.165, 1.54) is 84.9 Å². The Morgan fingerprint density at radius 2 is 0.727 bits per heavy atom. The van der Waals surface area contributed by atoms with Gasteiger partial charge in [-0.25, -0.2) is 0 Å². The molecule has 0 saturated carbocycles. The Morgan fingerprint density at radius 1 is 0.455 bits per heavy atom. The van der Waals surface area contributed by atoms with Gasteiger partial charge in [-0.15, -0.1) is 0 Å². The number of benzene rings is 6. The Labute approximate surface area is 419 Å². The van der Waals surface area contributed by atoms with E-state index in [9.17, 15) is 54.7 Å². The molecule has 0 aliphatic heterocycles. The van der Waals surface area contributed by atoms with E-state index in [-0.39, 0.29) is 138 Å². The fraction of sp³-hybridized carbons (Fsp3) is 0. The van der Waals surface area contributed by atoms with Crippen LogP contribution in [0, 0.1) is 0 Å². The summed E-state index contributed by atoms with van der Waals surface area (Å²) in [5.41, 5.74) is 10.8. The molecular formula is C44H30N6Na2O12S2. The average Bonchev–Trinajstić information content (AvgIpc) is 3.25. The summed E-state index contributed by atoms with van der Waals surface area (Å²) in [5, 5.41) is 10.9. The summed E-state index contributed by atoms with van der Waals surface area (Å²) in [7, 11) is -9.88. The number of nitrogens with one attached hydrogen (secondary N) is 4. The summed E-state index contributed by atoms with van der Waals surface area (Å²) >= 11 is 0. The molecule has 2 amide bonds. The van der Waals surface area contributed by atoms with Gasteiger partial charge in [0, 0.05) is 116 Å². The van der Waals surface area contributed by atoms with Crippen molar-refractivity contribution in [1.29, 1.82) is 0 Å². The Morgan fingerprint density at radius 3 is 1.02 bits per heavy atom. The molecule has 10 N–H and O–H groups in total. The Hall–Kier alpha value is -6.30. The van der Waals surface area contributed by atoms with Crippen LogP contribution in [0.4, 0.5) is 45.5 Å². The second-order valence-electron chi connectivity index (χ2n) is 14.2. The number of rotatable bonds is 10. The molecule has 0 unspecified atom stereocenters. The second kappa shape index (κ2) is 18.9. The van der Waals surface area contributed by atoms with Crippen molar-refractivity contribution < 1.29 is 54.7 Å². The molecule has 0 aromatic heterocycles. The molecule has 6 aromatic rings. The number of fused-ring (bicyclic) bond motifs is 4. The van der Waals surface area contributed by atoms with Crippen molar-refractivity contribution in [2.45, 2.75) is 9.79 Å². The summed E-state index contributed by atoms with van der Waals surface area (Å²) in [6.07, 6.45) is 1.92. The van der Waals surface area contributed by atoms with E-state index in [2.05, 4.69) is 21.3 Å². The van der Waals surface area contributed by atoms with Crippen LogP contribution in [0.25, 0.3) is 0 Å². The third-order valence-corrected chi connectivity index (χ3v) is 12.0. The van der Waals surface area contributed by atoms with Gasteiger partial charge in [-0.2, -0.15) is 16.8 Å². The molecule has 2 radical (unpaired) electrons. The standard InChI is InChI=1S/C44H30N6O12S2.2Na/c45-39-31(63(57,58)59)19-29(35-37(39)43(55)27-7-3-1-5-25(27)41(35)53)47-21-9-13-23(14-10-21)49-33(51)17-18-34(52)50-24-15-11-22(12-16-24)48-30-20-32(64(60,61)62)40(46)38-36(30)42(54)26-6-2-4-8-28(26)44(38)56;;/h1-20,47-48H,45-46H2,(H,49,51)(H,50,52)(H,57,58,59)(H,60,61,62);;. The fourth-order valence-corrected chi connectivity index (χ4v) is 8.61. The summed E-state index contributed by atoms with van der Waals surface area (Å²) < 4.78 is 68.7. The van der Waals surface area contributed by atoms with Crippen LogP contribution in [0.3, 0.4) is 0 Å². The van der Waals surface area contributed by atoms with Crippen LogP contribution in [-0.4, -0.2) is 120 Å². The molecule has 2 aliphatic rings. The molecule has 0 spiro atoms. The number of carbonyl (C=O) groups excluding carboxylic acids is 6. The predicted octanol–water partition coefficient (Wildman–Crippen LogP) is 4.75. The predicted molar refractivity (Wildman–Crippen MR) is 245 cm³/mol. The molecule has 66 heavy (non-hydrogen) atoms. The summed E-state index contributed by atoms with van der Waals surface area (Å²) in [6.45, 7) is 0. The van der Waals surface area contributed by atoms with Gasteiger partial charge < -0.3 is 32.7 Å². The van der Waals surface area contributed by atoms with Gasteiger partial charge in [0.15, 0.2) is 23.1 Å². The van der Waals surface area contributed by atoms with Gasteiger partial charge in [0.05, 0.1) is 45.0 Å². The monoisotopic (exact) mass is 944 g/mol. The molecule has 0 saturated heterocycles. The van der Waals surface area contributed by atoms with Crippen LogP contribution in [-0.2, 0) is 29.8 Å². The number of nitrogen functional groups attached to an aromatic ring is 2. The summed E-state index contributed by atoms with van der Waals surface area (Å²) in [5.74, 6) is -4.02. The zero-order valence-electron chi connectivity index (χ0n) is 34.5. The second-order valence-corrected chi connectivity index (χ2v) is 17.0. The third kappa shape index (κ3) is 9.37. The van der Waals surface area contributed by atoms with E-state index in [4.69, 9.17) is 11.5 Å². The first-order chi connectivity index (χ1) is 30.3. The Bertz CT molecular complexity index is 3140. The van der Waals surface area contributed by atoms with E-state index in [0.717, 1.165) is 24.3 Å². The first-order valence-electron chi connectivity index (χ1n) is 18.6. The Balaban J connectivity index is 0.00000360. The van der Waals surface area contributed by atoms with E-state index >= 15 is 0 Å². The minimum atomic E-state index is -4.94. The number of carbonyl (C=O) groups is 6. The van der Waals surface area contributed by atoms with Crippen LogP contribution in [0.1, 0.15) is 63.7 Å². The average molecular weight is 945 g/mol. The number of anilines is 8. The maximum atomic E-state index is 13.6. The topological polar surface area (TPSA) is 311 Å². The van der Waals surface area contributed by atoms with Crippen molar-refractivity contribution >= 4 is 160 Å². The third-order valence-electron chi connectivity index (χ3n) is 10.2. The van der Waals surface area contributed by atoms with Gasteiger partial charge in [0.1, 0.15) is 9.79 Å². The summed E-state index contributed by atoms with van der Waals surface area (Å²) in [6, 6.07) is 25.5. The van der Waals surface area contributed by atoms with Crippen LogP contribution in [0.15, 0.2) is 131 Å². The molecule has 322 valence electrons. The molecular weight excluding hydrogens is 915 g/mol. The largest absolute Gasteiger partial charge is 0.397 e. The van der Waals surface area contributed by atoms with Crippen molar-refractivity contribution in [2.24, 2.45) is 0 Å². The van der Waals surface area contributed by atoms with E-state index < -0.39 is 76.3 Å². The normalized spacial score (nSPS) is 12.7. The smallest absolute Gasteiger partial charge is 0.296 e. The minimum Gasteiger partial charge on any atom is -0.397 e. The zero-order valence-corrected chi connectivity index (χ0v) is 40.1. The van der Waals surface area contributed by atoms with Crippen molar-refractivity contribution in [3.8, 4) is 0 Å². The molecule has 0 heterocycles. The number of ketones is 4. The number of hydrogen-bond donors (Lipinski definition) is 8. The molecule has 0 bridgehead atoms. The quantitative estimate of drug-likeness (QED) is 0.0397. The van der Waals surface area contributed by atoms with Crippen LogP contribution in [0.5, 0.6) is 0 Å². The minimum absolute atomic E-state index is 0. The van der Waals surface area contributed by atoms with Crippen molar-refractivity contribution in [2.75, 3.05) is 32.7 Å². The van der Waals surface area contributed by atoms with Crippen LogP contribution in [0.2, 0.25) is 0 Å². The maximum Gasteiger partial charge on any atom is 0.296 e. The first kappa shape index (κ1) is 49.1. The molecule has 0 fully saturated rings. The maximum absolute atomic E-state index is 13.6.